The molecule has 140 valence electrons. The van der Waals surface area contributed by atoms with Crippen LogP contribution in [0.1, 0.15) is 43.6 Å². The maximum Gasteiger partial charge on any atom is 0.226 e. The summed E-state index contributed by atoms with van der Waals surface area (Å²) in [5.41, 5.74) is 1.32. The summed E-state index contributed by atoms with van der Waals surface area (Å²) in [7, 11) is 0. The highest BCUT2D eigenvalue weighted by Gasteiger charge is 2.51. The number of aromatic nitrogens is 2. The van der Waals surface area contributed by atoms with Crippen LogP contribution in [0, 0.1) is 11.8 Å². The van der Waals surface area contributed by atoms with Crippen molar-refractivity contribution in [1.29, 1.82) is 0 Å². The second-order valence-electron chi connectivity index (χ2n) is 8.28. The van der Waals surface area contributed by atoms with Crippen LogP contribution in [0.3, 0.4) is 0 Å². The van der Waals surface area contributed by atoms with Gasteiger partial charge in [-0.3, -0.25) is 4.79 Å². The summed E-state index contributed by atoms with van der Waals surface area (Å²) >= 11 is 0. The first-order chi connectivity index (χ1) is 13.3. The van der Waals surface area contributed by atoms with Gasteiger partial charge in [0.2, 0.25) is 11.9 Å². The van der Waals surface area contributed by atoms with Crippen molar-refractivity contribution in [2.45, 2.75) is 50.1 Å². The average molecular weight is 362 g/mol. The monoisotopic (exact) mass is 362 g/mol. The lowest BCUT2D eigenvalue weighted by atomic mass is 9.90. The Morgan fingerprint density at radius 3 is 2.41 bits per heavy atom. The van der Waals surface area contributed by atoms with Crippen LogP contribution >= 0.6 is 0 Å². The van der Waals surface area contributed by atoms with E-state index in [0.717, 1.165) is 38.6 Å². The number of nitrogens with zero attached hydrogens (tertiary/aromatic N) is 3. The van der Waals surface area contributed by atoms with E-state index in [0.29, 0.717) is 35.8 Å². The number of rotatable bonds is 5. The van der Waals surface area contributed by atoms with Gasteiger partial charge in [-0.2, -0.15) is 0 Å². The van der Waals surface area contributed by atoms with Crippen LogP contribution in [0.2, 0.25) is 0 Å². The van der Waals surface area contributed by atoms with E-state index < -0.39 is 0 Å². The fourth-order valence-corrected chi connectivity index (χ4v) is 5.17. The van der Waals surface area contributed by atoms with Crippen LogP contribution in [-0.2, 0) is 4.79 Å². The quantitative estimate of drug-likeness (QED) is 0.885. The number of nitrogens with one attached hydrogen (secondary N) is 1. The maximum absolute atomic E-state index is 13.2. The van der Waals surface area contributed by atoms with Gasteiger partial charge in [-0.05, 0) is 55.6 Å². The highest BCUT2D eigenvalue weighted by molar-refractivity contribution is 5.84. The molecule has 1 aromatic heterocycles. The molecule has 2 saturated heterocycles. The Kier molecular flexibility index (Phi) is 4.30. The van der Waals surface area contributed by atoms with E-state index in [4.69, 9.17) is 0 Å². The van der Waals surface area contributed by atoms with E-state index in [2.05, 4.69) is 44.5 Å². The van der Waals surface area contributed by atoms with Crippen LogP contribution in [0.5, 0.6) is 0 Å². The van der Waals surface area contributed by atoms with Crippen LogP contribution in [0.25, 0.3) is 0 Å². The van der Waals surface area contributed by atoms with Crippen molar-refractivity contribution in [3.63, 3.8) is 0 Å². The molecule has 5 rings (SSSR count). The van der Waals surface area contributed by atoms with Crippen molar-refractivity contribution in [2.75, 3.05) is 11.9 Å². The lowest BCUT2D eigenvalue weighted by Gasteiger charge is -2.39. The minimum Gasteiger partial charge on any atom is -0.354 e. The predicted molar refractivity (Wildman–Crippen MR) is 104 cm³/mol. The summed E-state index contributed by atoms with van der Waals surface area (Å²) in [6.45, 7) is 0.898. The summed E-state index contributed by atoms with van der Waals surface area (Å²) in [6, 6.07) is 13.2. The molecule has 1 amide bonds. The summed E-state index contributed by atoms with van der Waals surface area (Å²) < 4.78 is 0. The van der Waals surface area contributed by atoms with Gasteiger partial charge < -0.3 is 10.2 Å². The summed E-state index contributed by atoms with van der Waals surface area (Å²) in [5, 5.41) is 3.37. The first kappa shape index (κ1) is 16.7. The van der Waals surface area contributed by atoms with Crippen LogP contribution in [0.15, 0.2) is 48.8 Å². The number of carbonyl (C=O) groups is 1. The van der Waals surface area contributed by atoms with E-state index in [1.807, 2.05) is 12.1 Å². The standard InChI is InChI=1S/C22H26N4O/c27-21(20-13-19(20)16-5-2-1-3-6-16)26-17-7-8-18(26)12-15(11-17)14-25-22-23-9-4-10-24-22/h1-6,9-10,15,17-20H,7-8,11-14H2,(H,23,24,25)/t15-,17-,18+,19?,20?. The molecule has 1 saturated carbocycles. The molecule has 3 fully saturated rings. The number of benzene rings is 1. The zero-order valence-electron chi connectivity index (χ0n) is 15.5. The number of piperidine rings is 1. The van der Waals surface area contributed by atoms with E-state index in [9.17, 15) is 4.79 Å². The van der Waals surface area contributed by atoms with Crippen LogP contribution < -0.4 is 5.32 Å². The third-order valence-electron chi connectivity index (χ3n) is 6.54. The third kappa shape index (κ3) is 3.31. The van der Waals surface area contributed by atoms with Crippen molar-refractivity contribution in [3.8, 4) is 0 Å². The third-order valence-corrected chi connectivity index (χ3v) is 6.54. The molecule has 1 aliphatic carbocycles. The molecule has 0 radical (unpaired) electrons. The van der Waals surface area contributed by atoms with Crippen LogP contribution in [-0.4, -0.2) is 39.4 Å². The Morgan fingerprint density at radius 1 is 1.00 bits per heavy atom. The van der Waals surface area contributed by atoms with Gasteiger partial charge in [0, 0.05) is 36.9 Å². The van der Waals surface area contributed by atoms with Crippen molar-refractivity contribution < 1.29 is 4.79 Å². The minimum absolute atomic E-state index is 0.211. The molecule has 27 heavy (non-hydrogen) atoms. The van der Waals surface area contributed by atoms with Gasteiger partial charge in [-0.1, -0.05) is 30.3 Å². The Hall–Kier alpha value is -2.43. The molecule has 2 unspecified atom stereocenters. The van der Waals surface area contributed by atoms with E-state index in [1.54, 1.807) is 12.4 Å². The van der Waals surface area contributed by atoms with Crippen molar-refractivity contribution in [1.82, 2.24) is 14.9 Å². The highest BCUT2D eigenvalue weighted by atomic mass is 16.2. The fourth-order valence-electron chi connectivity index (χ4n) is 5.17. The topological polar surface area (TPSA) is 58.1 Å². The van der Waals surface area contributed by atoms with Crippen LogP contribution in [0.4, 0.5) is 5.95 Å². The largest absolute Gasteiger partial charge is 0.354 e. The second kappa shape index (κ2) is 6.95. The van der Waals surface area contributed by atoms with Gasteiger partial charge in [-0.15, -0.1) is 0 Å². The van der Waals surface area contributed by atoms with E-state index in [-0.39, 0.29) is 5.92 Å². The maximum atomic E-state index is 13.2. The van der Waals surface area contributed by atoms with Gasteiger partial charge in [0.15, 0.2) is 0 Å². The lowest BCUT2D eigenvalue weighted by molar-refractivity contribution is -0.137. The molecule has 1 aromatic carbocycles. The molecule has 2 aromatic rings. The van der Waals surface area contributed by atoms with Gasteiger partial charge in [0.1, 0.15) is 0 Å². The zero-order valence-corrected chi connectivity index (χ0v) is 15.5. The Labute approximate surface area is 160 Å². The smallest absolute Gasteiger partial charge is 0.226 e. The number of carbonyl (C=O) groups excluding carboxylic acids is 1. The molecule has 2 aliphatic heterocycles. The molecule has 3 aliphatic rings. The molecule has 5 atom stereocenters. The number of amides is 1. The second-order valence-corrected chi connectivity index (χ2v) is 8.28. The molecule has 0 spiro atoms. The first-order valence-electron chi connectivity index (χ1n) is 10.2. The molecule has 5 heteroatoms. The number of hydrogen-bond acceptors (Lipinski definition) is 4. The number of anilines is 1. The van der Waals surface area contributed by atoms with Gasteiger partial charge in [0.25, 0.3) is 0 Å². The molecule has 5 nitrogen and oxygen atoms in total. The summed E-state index contributed by atoms with van der Waals surface area (Å²) in [6.07, 6.45) is 9.08. The Morgan fingerprint density at radius 2 is 1.70 bits per heavy atom. The van der Waals surface area contributed by atoms with E-state index >= 15 is 0 Å². The highest BCUT2D eigenvalue weighted by Crippen LogP contribution is 2.51. The van der Waals surface area contributed by atoms with Crippen molar-refractivity contribution in [2.24, 2.45) is 11.8 Å². The molecule has 1 N–H and O–H groups in total. The Balaban J connectivity index is 1.19. The first-order valence-corrected chi connectivity index (χ1v) is 10.2. The minimum atomic E-state index is 0.211. The Bertz CT molecular complexity index is 782. The SMILES string of the molecule is O=C(C1CC1c1ccccc1)N1[C@@H]2CC[C@H]1C[C@H](CNc1ncccn1)C2. The molecule has 2 bridgehead atoms. The van der Waals surface area contributed by atoms with Gasteiger partial charge in [-0.25, -0.2) is 9.97 Å². The van der Waals surface area contributed by atoms with Crippen molar-refractivity contribution >= 4 is 11.9 Å². The molecule has 3 heterocycles. The van der Waals surface area contributed by atoms with Gasteiger partial charge >= 0.3 is 0 Å². The van der Waals surface area contributed by atoms with Crippen molar-refractivity contribution in [3.05, 3.63) is 54.4 Å². The molecular weight excluding hydrogens is 336 g/mol. The molecular formula is C22H26N4O. The van der Waals surface area contributed by atoms with E-state index in [1.165, 1.54) is 5.56 Å². The summed E-state index contributed by atoms with van der Waals surface area (Å²) in [5.74, 6) is 2.36. The average Bonchev–Trinajstić information content (AvgIpc) is 3.47. The number of fused-ring (bicyclic) bond motifs is 2. The fraction of sp³-hybridized carbons (Fsp3) is 0.500. The number of hydrogen-bond donors (Lipinski definition) is 1. The zero-order chi connectivity index (χ0) is 18.2. The predicted octanol–water partition coefficient (Wildman–Crippen LogP) is 3.46. The van der Waals surface area contributed by atoms with Gasteiger partial charge in [0.05, 0.1) is 0 Å². The lowest BCUT2D eigenvalue weighted by Crippen LogP contribution is -2.48. The summed E-state index contributed by atoms with van der Waals surface area (Å²) in [4.78, 5) is 23.9. The normalized spacial score (nSPS) is 31.6.